The first-order valence-corrected chi connectivity index (χ1v) is 6.87. The van der Waals surface area contributed by atoms with Gasteiger partial charge in [-0.05, 0) is 38.1 Å². The van der Waals surface area contributed by atoms with Crippen molar-refractivity contribution in [3.63, 3.8) is 0 Å². The van der Waals surface area contributed by atoms with Gasteiger partial charge in [0.25, 0.3) is 5.91 Å². The van der Waals surface area contributed by atoms with Crippen LogP contribution in [0.3, 0.4) is 0 Å². The highest BCUT2D eigenvalue weighted by Crippen LogP contribution is 2.08. The third-order valence-electron chi connectivity index (χ3n) is 2.77. The van der Waals surface area contributed by atoms with Crippen LogP contribution in [0, 0.1) is 0 Å². The number of methoxy groups -OCH3 is 1. The number of carbonyl (C=O) groups is 4. The number of ether oxygens (including phenoxy) is 2. The Morgan fingerprint density at radius 1 is 1.04 bits per heavy atom. The monoisotopic (exact) mass is 322 g/mol. The van der Waals surface area contributed by atoms with Gasteiger partial charge < -0.3 is 14.8 Å². The predicted octanol–water partition coefficient (Wildman–Crippen LogP) is 0.864. The first kappa shape index (κ1) is 18.1. The highest BCUT2D eigenvalue weighted by molar-refractivity contribution is 5.98. The van der Waals surface area contributed by atoms with Crippen LogP contribution in [0.4, 0.5) is 4.79 Å². The van der Waals surface area contributed by atoms with Gasteiger partial charge in [-0.3, -0.25) is 10.1 Å². The molecule has 8 heteroatoms. The van der Waals surface area contributed by atoms with Gasteiger partial charge in [-0.1, -0.05) is 0 Å². The average molecular weight is 322 g/mol. The second kappa shape index (κ2) is 8.52. The number of amides is 3. The molecule has 0 radical (unpaired) electrons. The van der Waals surface area contributed by atoms with Crippen LogP contribution in [0.15, 0.2) is 24.3 Å². The number of esters is 2. The van der Waals surface area contributed by atoms with Crippen LogP contribution in [0.2, 0.25) is 0 Å². The highest BCUT2D eigenvalue weighted by atomic mass is 16.5. The number of rotatable bonds is 5. The number of carbonyl (C=O) groups excluding carboxylic acids is 4. The fraction of sp³-hybridized carbons (Fsp3) is 0.333. The molecule has 0 heterocycles. The molecular weight excluding hydrogens is 304 g/mol. The summed E-state index contributed by atoms with van der Waals surface area (Å²) in [4.78, 5) is 46.1. The molecule has 0 aliphatic heterocycles. The average Bonchev–Trinajstić information content (AvgIpc) is 2.54. The van der Waals surface area contributed by atoms with Crippen LogP contribution in [0.1, 0.15) is 34.6 Å². The van der Waals surface area contributed by atoms with Crippen molar-refractivity contribution >= 4 is 23.9 Å². The molecule has 1 aromatic carbocycles. The number of imide groups is 1. The van der Waals surface area contributed by atoms with Gasteiger partial charge in [0.2, 0.25) is 0 Å². The topological polar surface area (TPSA) is 111 Å². The highest BCUT2D eigenvalue weighted by Gasteiger charge is 2.20. The molecule has 0 aromatic heterocycles. The summed E-state index contributed by atoms with van der Waals surface area (Å²) in [6.07, 6.45) is -1.15. The molecule has 1 rings (SSSR count). The molecule has 23 heavy (non-hydrogen) atoms. The normalized spacial score (nSPS) is 11.1. The number of hydrogen-bond donors (Lipinski definition) is 2. The standard InChI is InChI=1S/C15H18N2O6/c1-4-16-15(21)17-12(18)9(2)23-14(20)11-7-5-10(6-8-11)13(19)22-3/h5-9H,4H2,1-3H3,(H2,16,17,18,21)/t9-/m1/s1. The summed E-state index contributed by atoms with van der Waals surface area (Å²) in [6.45, 7) is 3.40. The lowest BCUT2D eigenvalue weighted by Gasteiger charge is -2.13. The van der Waals surface area contributed by atoms with E-state index in [1.54, 1.807) is 6.92 Å². The maximum Gasteiger partial charge on any atom is 0.338 e. The van der Waals surface area contributed by atoms with Crippen LogP contribution < -0.4 is 10.6 Å². The van der Waals surface area contributed by atoms with Gasteiger partial charge >= 0.3 is 18.0 Å². The van der Waals surface area contributed by atoms with Gasteiger partial charge in [0.05, 0.1) is 18.2 Å². The van der Waals surface area contributed by atoms with E-state index >= 15 is 0 Å². The second-order valence-corrected chi connectivity index (χ2v) is 4.47. The van der Waals surface area contributed by atoms with E-state index in [2.05, 4.69) is 10.1 Å². The molecule has 0 aliphatic carbocycles. The summed E-state index contributed by atoms with van der Waals surface area (Å²) < 4.78 is 9.50. The predicted molar refractivity (Wildman–Crippen MR) is 79.9 cm³/mol. The molecule has 0 spiro atoms. The summed E-state index contributed by atoms with van der Waals surface area (Å²) in [5, 5.41) is 4.43. The van der Waals surface area contributed by atoms with E-state index in [9.17, 15) is 19.2 Å². The molecule has 124 valence electrons. The summed E-state index contributed by atoms with van der Waals surface area (Å²) in [5.74, 6) is -2.02. The number of nitrogens with one attached hydrogen (secondary N) is 2. The number of urea groups is 1. The van der Waals surface area contributed by atoms with Crippen molar-refractivity contribution in [1.29, 1.82) is 0 Å². The fourth-order valence-electron chi connectivity index (χ4n) is 1.56. The summed E-state index contributed by atoms with van der Waals surface area (Å²) in [6, 6.07) is 4.90. The van der Waals surface area contributed by atoms with E-state index in [0.717, 1.165) is 0 Å². The minimum atomic E-state index is -1.15. The van der Waals surface area contributed by atoms with Crippen LogP contribution in [-0.2, 0) is 14.3 Å². The van der Waals surface area contributed by atoms with Gasteiger partial charge in [-0.15, -0.1) is 0 Å². The van der Waals surface area contributed by atoms with E-state index < -0.39 is 30.0 Å². The first-order chi connectivity index (χ1) is 10.9. The number of benzene rings is 1. The lowest BCUT2D eigenvalue weighted by molar-refractivity contribution is -0.127. The Bertz CT molecular complexity index is 596. The van der Waals surface area contributed by atoms with Crippen molar-refractivity contribution in [2.75, 3.05) is 13.7 Å². The lowest BCUT2D eigenvalue weighted by atomic mass is 10.1. The molecule has 0 saturated heterocycles. The Kier molecular flexibility index (Phi) is 6.72. The van der Waals surface area contributed by atoms with Crippen molar-refractivity contribution in [3.8, 4) is 0 Å². The summed E-state index contributed by atoms with van der Waals surface area (Å²) in [7, 11) is 1.25. The van der Waals surface area contributed by atoms with Crippen LogP contribution in [0.5, 0.6) is 0 Å². The number of hydrogen-bond acceptors (Lipinski definition) is 6. The Balaban J connectivity index is 2.62. The molecule has 0 aliphatic rings. The Labute approximate surface area is 133 Å². The van der Waals surface area contributed by atoms with Crippen molar-refractivity contribution in [2.24, 2.45) is 0 Å². The van der Waals surface area contributed by atoms with Crippen LogP contribution in [-0.4, -0.2) is 43.6 Å². The minimum absolute atomic E-state index is 0.162. The third kappa shape index (κ3) is 5.42. The SMILES string of the molecule is CCNC(=O)NC(=O)[C@@H](C)OC(=O)c1ccc(C(=O)OC)cc1. The van der Waals surface area contributed by atoms with E-state index in [1.165, 1.54) is 38.3 Å². The summed E-state index contributed by atoms with van der Waals surface area (Å²) in [5.41, 5.74) is 0.446. The smallest absolute Gasteiger partial charge is 0.338 e. The molecule has 0 fully saturated rings. The Morgan fingerprint density at radius 2 is 1.57 bits per heavy atom. The molecule has 3 amide bonds. The van der Waals surface area contributed by atoms with Gasteiger partial charge in [0.1, 0.15) is 0 Å². The van der Waals surface area contributed by atoms with Gasteiger partial charge in [0, 0.05) is 6.54 Å². The van der Waals surface area contributed by atoms with Gasteiger partial charge in [-0.25, -0.2) is 14.4 Å². The largest absolute Gasteiger partial charge is 0.465 e. The molecule has 0 saturated carbocycles. The van der Waals surface area contributed by atoms with Crippen molar-refractivity contribution in [3.05, 3.63) is 35.4 Å². The maximum atomic E-state index is 11.9. The zero-order valence-corrected chi connectivity index (χ0v) is 13.0. The van der Waals surface area contributed by atoms with Crippen LogP contribution in [0.25, 0.3) is 0 Å². The third-order valence-corrected chi connectivity index (χ3v) is 2.77. The Hall–Kier alpha value is -2.90. The molecule has 1 aromatic rings. The quantitative estimate of drug-likeness (QED) is 0.778. The van der Waals surface area contributed by atoms with Crippen molar-refractivity contribution in [2.45, 2.75) is 20.0 Å². The molecule has 0 unspecified atom stereocenters. The minimum Gasteiger partial charge on any atom is -0.465 e. The van der Waals surface area contributed by atoms with E-state index in [-0.39, 0.29) is 11.1 Å². The maximum absolute atomic E-state index is 11.9. The second-order valence-electron chi connectivity index (χ2n) is 4.47. The van der Waals surface area contributed by atoms with E-state index in [0.29, 0.717) is 6.54 Å². The molecule has 0 bridgehead atoms. The fourth-order valence-corrected chi connectivity index (χ4v) is 1.56. The Morgan fingerprint density at radius 3 is 2.04 bits per heavy atom. The molecular formula is C15H18N2O6. The lowest BCUT2D eigenvalue weighted by Crippen LogP contribution is -2.44. The van der Waals surface area contributed by atoms with Crippen molar-refractivity contribution in [1.82, 2.24) is 10.6 Å². The zero-order chi connectivity index (χ0) is 17.4. The summed E-state index contributed by atoms with van der Waals surface area (Å²) >= 11 is 0. The van der Waals surface area contributed by atoms with Gasteiger partial charge in [-0.2, -0.15) is 0 Å². The van der Waals surface area contributed by atoms with E-state index in [1.807, 2.05) is 5.32 Å². The zero-order valence-electron chi connectivity index (χ0n) is 13.0. The van der Waals surface area contributed by atoms with Crippen molar-refractivity contribution < 1.29 is 28.7 Å². The first-order valence-electron chi connectivity index (χ1n) is 6.87. The van der Waals surface area contributed by atoms with Crippen LogP contribution >= 0.6 is 0 Å². The molecule has 2 N–H and O–H groups in total. The molecule has 1 atom stereocenters. The van der Waals surface area contributed by atoms with E-state index in [4.69, 9.17) is 4.74 Å². The molecule has 8 nitrogen and oxygen atoms in total. The van der Waals surface area contributed by atoms with Gasteiger partial charge in [0.15, 0.2) is 6.10 Å².